The Morgan fingerprint density at radius 1 is 1.50 bits per heavy atom. The first-order valence-corrected chi connectivity index (χ1v) is 3.01. The molecule has 2 nitrogen and oxygen atoms in total. The summed E-state index contributed by atoms with van der Waals surface area (Å²) in [5, 5.41) is 1.46. The Morgan fingerprint density at radius 2 is 2.10 bits per heavy atom. The van der Waals surface area contributed by atoms with E-state index in [1.165, 1.54) is 5.01 Å². The van der Waals surface area contributed by atoms with E-state index < -0.39 is 12.1 Å². The number of hydrazine groups is 1. The lowest BCUT2D eigenvalue weighted by atomic mass is 10.1. The maximum Gasteiger partial charge on any atom is 0.394 e. The van der Waals surface area contributed by atoms with Crippen LogP contribution >= 0.6 is 0 Å². The number of nitrogens with one attached hydrogen (secondary N) is 1. The molecule has 0 spiro atoms. The van der Waals surface area contributed by atoms with E-state index in [-0.39, 0.29) is 13.1 Å². The molecule has 5 heteroatoms. The monoisotopic (exact) mass is 154 g/mol. The van der Waals surface area contributed by atoms with Gasteiger partial charge >= 0.3 is 6.18 Å². The van der Waals surface area contributed by atoms with E-state index >= 15 is 0 Å². The summed E-state index contributed by atoms with van der Waals surface area (Å²) in [6.07, 6.45) is -4.04. The predicted octanol–water partition coefficient (Wildman–Crippen LogP) is 0.615. The molecule has 1 fully saturated rings. The van der Waals surface area contributed by atoms with Gasteiger partial charge < -0.3 is 0 Å². The third-order valence-corrected chi connectivity index (χ3v) is 1.56. The van der Waals surface area contributed by atoms with Crippen LogP contribution in [0.25, 0.3) is 0 Å². The van der Waals surface area contributed by atoms with Gasteiger partial charge in [0.2, 0.25) is 0 Å². The molecular weight excluding hydrogens is 145 g/mol. The number of alkyl halides is 3. The van der Waals surface area contributed by atoms with Crippen LogP contribution in [0, 0.1) is 5.92 Å². The summed E-state index contributed by atoms with van der Waals surface area (Å²) < 4.78 is 35.6. The first-order valence-electron chi connectivity index (χ1n) is 3.01. The molecule has 0 aliphatic carbocycles. The van der Waals surface area contributed by atoms with Crippen LogP contribution in [-0.2, 0) is 0 Å². The van der Waals surface area contributed by atoms with E-state index in [9.17, 15) is 13.2 Å². The zero-order valence-corrected chi connectivity index (χ0v) is 5.57. The van der Waals surface area contributed by atoms with E-state index in [4.69, 9.17) is 0 Å². The standard InChI is InChI=1S/C5H9F3N2/c1-10-3-4(2-9-10)5(6,7)8/h4,9H,2-3H2,1H3. The summed E-state index contributed by atoms with van der Waals surface area (Å²) in [6, 6.07) is 0. The van der Waals surface area contributed by atoms with E-state index in [0.29, 0.717) is 0 Å². The molecule has 0 bridgehead atoms. The Labute approximate surface area is 57.0 Å². The molecule has 1 N–H and O–H groups in total. The van der Waals surface area contributed by atoms with Gasteiger partial charge in [-0.2, -0.15) is 13.2 Å². The molecule has 1 unspecified atom stereocenters. The zero-order valence-electron chi connectivity index (χ0n) is 5.57. The minimum atomic E-state index is -4.04. The lowest BCUT2D eigenvalue weighted by Gasteiger charge is -2.12. The first kappa shape index (κ1) is 7.81. The van der Waals surface area contributed by atoms with E-state index in [1.807, 2.05) is 0 Å². The molecule has 0 aromatic carbocycles. The predicted molar refractivity (Wildman–Crippen MR) is 30.2 cm³/mol. The van der Waals surface area contributed by atoms with Crippen molar-refractivity contribution in [2.45, 2.75) is 6.18 Å². The van der Waals surface area contributed by atoms with Gasteiger partial charge in [-0.05, 0) is 0 Å². The third kappa shape index (κ3) is 1.60. The summed E-state index contributed by atoms with van der Waals surface area (Å²) in [7, 11) is 1.60. The Morgan fingerprint density at radius 3 is 2.30 bits per heavy atom. The molecule has 0 aromatic rings. The first-order chi connectivity index (χ1) is 4.50. The van der Waals surface area contributed by atoms with E-state index in [2.05, 4.69) is 5.43 Å². The minimum absolute atomic E-state index is 0.0139. The smallest absolute Gasteiger partial charge is 0.255 e. The molecule has 10 heavy (non-hydrogen) atoms. The lowest BCUT2D eigenvalue weighted by molar-refractivity contribution is -0.167. The Bertz CT molecular complexity index is 123. The van der Waals surface area contributed by atoms with Crippen LogP contribution in [0.15, 0.2) is 0 Å². The van der Waals surface area contributed by atoms with Crippen LogP contribution < -0.4 is 5.43 Å². The van der Waals surface area contributed by atoms with Crippen molar-refractivity contribution in [3.63, 3.8) is 0 Å². The van der Waals surface area contributed by atoms with Crippen LogP contribution in [0.5, 0.6) is 0 Å². The fourth-order valence-electron chi connectivity index (χ4n) is 0.945. The second kappa shape index (κ2) is 2.39. The van der Waals surface area contributed by atoms with Crippen molar-refractivity contribution < 1.29 is 13.2 Å². The highest BCUT2D eigenvalue weighted by molar-refractivity contribution is 4.76. The van der Waals surface area contributed by atoms with Gasteiger partial charge in [0.05, 0.1) is 5.92 Å². The average molecular weight is 154 g/mol. The maximum absolute atomic E-state index is 11.9. The number of halogens is 3. The van der Waals surface area contributed by atoms with Crippen molar-refractivity contribution in [2.24, 2.45) is 5.92 Å². The molecule has 0 saturated carbocycles. The van der Waals surface area contributed by atoms with Gasteiger partial charge in [0.15, 0.2) is 0 Å². The molecule has 1 aliphatic heterocycles. The van der Waals surface area contributed by atoms with Crippen molar-refractivity contribution in [2.75, 3.05) is 20.1 Å². The van der Waals surface area contributed by atoms with Crippen LogP contribution in [0.1, 0.15) is 0 Å². The van der Waals surface area contributed by atoms with E-state index in [0.717, 1.165) is 0 Å². The van der Waals surface area contributed by atoms with Gasteiger partial charge in [-0.3, -0.25) is 5.43 Å². The normalized spacial score (nSPS) is 29.4. The van der Waals surface area contributed by atoms with Crippen molar-refractivity contribution in [1.82, 2.24) is 10.4 Å². The SMILES string of the molecule is CN1CC(C(F)(F)F)CN1. The average Bonchev–Trinajstić information content (AvgIpc) is 2.11. The molecule has 0 aromatic heterocycles. The third-order valence-electron chi connectivity index (χ3n) is 1.56. The highest BCUT2D eigenvalue weighted by Gasteiger charge is 2.42. The minimum Gasteiger partial charge on any atom is -0.255 e. The molecule has 1 heterocycles. The van der Waals surface area contributed by atoms with Gasteiger partial charge in [-0.15, -0.1) is 0 Å². The zero-order chi connectivity index (χ0) is 7.78. The second-order valence-corrected chi connectivity index (χ2v) is 2.48. The van der Waals surface area contributed by atoms with Crippen LogP contribution in [0.4, 0.5) is 13.2 Å². The Hall–Kier alpha value is -0.290. The summed E-state index contributed by atoms with van der Waals surface area (Å²) in [6.45, 7) is 0.0729. The number of hydrogen-bond donors (Lipinski definition) is 1. The van der Waals surface area contributed by atoms with Gasteiger partial charge in [-0.25, -0.2) is 5.01 Å². The molecule has 1 rings (SSSR count). The van der Waals surface area contributed by atoms with Crippen molar-refractivity contribution in [3.8, 4) is 0 Å². The highest BCUT2D eigenvalue weighted by atomic mass is 19.4. The van der Waals surface area contributed by atoms with Gasteiger partial charge in [0, 0.05) is 20.1 Å². The fraction of sp³-hybridized carbons (Fsp3) is 1.00. The summed E-state index contributed by atoms with van der Waals surface area (Å²) in [5.41, 5.74) is 2.59. The summed E-state index contributed by atoms with van der Waals surface area (Å²) in [5.74, 6) is -1.20. The number of hydrogen-bond acceptors (Lipinski definition) is 2. The largest absolute Gasteiger partial charge is 0.394 e. The number of rotatable bonds is 0. The topological polar surface area (TPSA) is 15.3 Å². The van der Waals surface area contributed by atoms with E-state index in [1.54, 1.807) is 7.05 Å². The van der Waals surface area contributed by atoms with Crippen molar-refractivity contribution in [1.29, 1.82) is 0 Å². The van der Waals surface area contributed by atoms with Crippen molar-refractivity contribution in [3.05, 3.63) is 0 Å². The van der Waals surface area contributed by atoms with Gasteiger partial charge in [-0.1, -0.05) is 0 Å². The summed E-state index contributed by atoms with van der Waals surface area (Å²) >= 11 is 0. The quantitative estimate of drug-likeness (QED) is 0.550. The van der Waals surface area contributed by atoms with Gasteiger partial charge in [0.1, 0.15) is 0 Å². The van der Waals surface area contributed by atoms with Gasteiger partial charge in [0.25, 0.3) is 0 Å². The molecule has 60 valence electrons. The fourth-order valence-corrected chi connectivity index (χ4v) is 0.945. The Kier molecular flexibility index (Phi) is 1.87. The Balaban J connectivity index is 2.45. The van der Waals surface area contributed by atoms with Crippen LogP contribution in [0.3, 0.4) is 0 Å². The second-order valence-electron chi connectivity index (χ2n) is 2.48. The molecular formula is C5H9F3N2. The molecule has 0 radical (unpaired) electrons. The lowest BCUT2D eigenvalue weighted by Crippen LogP contribution is -2.27. The molecule has 0 amide bonds. The molecule has 1 saturated heterocycles. The highest BCUT2D eigenvalue weighted by Crippen LogP contribution is 2.27. The molecule has 1 atom stereocenters. The summed E-state index contributed by atoms with van der Waals surface area (Å²) in [4.78, 5) is 0. The molecule has 1 aliphatic rings. The van der Waals surface area contributed by atoms with Crippen molar-refractivity contribution >= 4 is 0 Å². The van der Waals surface area contributed by atoms with Crippen LogP contribution in [-0.4, -0.2) is 31.3 Å². The van der Waals surface area contributed by atoms with Crippen LogP contribution in [0.2, 0.25) is 0 Å². The maximum atomic E-state index is 11.9. The number of nitrogens with zero attached hydrogens (tertiary/aromatic N) is 1.